The molecule has 3 heterocycles. The first-order valence-corrected chi connectivity index (χ1v) is 9.79. The highest BCUT2D eigenvalue weighted by Gasteiger charge is 2.48. The average Bonchev–Trinajstić information content (AvgIpc) is 3.15. The van der Waals surface area contributed by atoms with E-state index in [9.17, 15) is 14.4 Å². The number of carbonyl (C=O) groups is 2. The maximum Gasteiger partial charge on any atom is 0.327 e. The van der Waals surface area contributed by atoms with Gasteiger partial charge in [-0.15, -0.1) is 0 Å². The van der Waals surface area contributed by atoms with E-state index in [1.165, 1.54) is 9.58 Å². The van der Waals surface area contributed by atoms with Crippen LogP contribution in [0.3, 0.4) is 0 Å². The predicted molar refractivity (Wildman–Crippen MR) is 113 cm³/mol. The van der Waals surface area contributed by atoms with E-state index in [1.54, 1.807) is 49.9 Å². The molecule has 7 heteroatoms. The van der Waals surface area contributed by atoms with Crippen LogP contribution in [0, 0.1) is 13.8 Å². The Morgan fingerprint density at radius 1 is 0.900 bits per heavy atom. The lowest BCUT2D eigenvalue weighted by Crippen LogP contribution is -2.42. The van der Waals surface area contributed by atoms with Crippen molar-refractivity contribution in [3.8, 4) is 5.69 Å². The fourth-order valence-electron chi connectivity index (χ4n) is 3.72. The van der Waals surface area contributed by atoms with Crippen molar-refractivity contribution in [2.75, 3.05) is 0 Å². The van der Waals surface area contributed by atoms with Gasteiger partial charge in [-0.3, -0.25) is 24.4 Å². The van der Waals surface area contributed by atoms with Crippen molar-refractivity contribution in [3.63, 3.8) is 0 Å². The zero-order valence-electron chi connectivity index (χ0n) is 17.3. The monoisotopic (exact) mass is 403 g/mol. The molecule has 2 amide bonds. The molecule has 1 aliphatic rings. The molecule has 0 unspecified atom stereocenters. The molecule has 0 saturated heterocycles. The second-order valence-corrected chi connectivity index (χ2v) is 7.67. The van der Waals surface area contributed by atoms with Crippen molar-refractivity contribution in [2.24, 2.45) is 0 Å². The van der Waals surface area contributed by atoms with Crippen LogP contribution in [-0.4, -0.2) is 32.5 Å². The molecule has 4 rings (SSSR count). The van der Waals surface area contributed by atoms with E-state index in [4.69, 9.17) is 0 Å². The number of carbonyl (C=O) groups excluding carboxylic acids is 2. The smallest absolute Gasteiger partial charge is 0.295 e. The van der Waals surface area contributed by atoms with Gasteiger partial charge in [-0.2, -0.15) is 4.57 Å². The number of rotatable bonds is 4. The number of para-hydroxylation sites is 1. The number of hydrogen-bond acceptors (Lipinski definition) is 3. The highest BCUT2D eigenvalue weighted by molar-refractivity contribution is 6.44. The highest BCUT2D eigenvalue weighted by atomic mass is 16.2. The number of nitrogens with zero attached hydrogens (tertiary/aromatic N) is 3. The molecule has 0 atom stereocenters. The van der Waals surface area contributed by atoms with Crippen molar-refractivity contribution in [1.82, 2.24) is 14.7 Å². The van der Waals surface area contributed by atoms with Crippen LogP contribution in [0.25, 0.3) is 17.0 Å². The molecule has 1 aromatic carbocycles. The summed E-state index contributed by atoms with van der Waals surface area (Å²) in [6, 6.07) is 12.5. The lowest BCUT2D eigenvalue weighted by molar-refractivity contribution is -0.577. The minimum Gasteiger partial charge on any atom is -0.295 e. The molecule has 30 heavy (non-hydrogen) atoms. The van der Waals surface area contributed by atoms with E-state index in [2.05, 4.69) is 5.10 Å². The molecule has 152 valence electrons. The zero-order chi connectivity index (χ0) is 21.6. The molecule has 0 aliphatic carbocycles. The number of imide groups is 1. The minimum atomic E-state index is -0.461. The third kappa shape index (κ3) is 2.99. The molecule has 0 spiro atoms. The van der Waals surface area contributed by atoms with Crippen LogP contribution in [0.5, 0.6) is 0 Å². The van der Waals surface area contributed by atoms with Gasteiger partial charge in [0.2, 0.25) is 0 Å². The standard InChI is InChI=1S/C23H22N4O3/c1-14(2)26-21(28)19(20(23(26)30)25-12-10-15(3)11-13-25)18-16(4)24-27(22(18)29)17-8-6-5-7-9-17/h5-14H,1-4H3/p+1. The SMILES string of the molecule is Cc1cc[n+](C2=C(c3c(C)[nH]n(-c4ccccc4)c3=O)C(=O)N(C(C)C)C2=O)cc1. The lowest BCUT2D eigenvalue weighted by Gasteiger charge is -2.17. The number of pyridine rings is 1. The van der Waals surface area contributed by atoms with Gasteiger partial charge in [0.1, 0.15) is 5.57 Å². The molecule has 0 bridgehead atoms. The summed E-state index contributed by atoms with van der Waals surface area (Å²) in [5.41, 5.74) is 2.35. The average molecular weight is 403 g/mol. The van der Waals surface area contributed by atoms with E-state index in [0.29, 0.717) is 11.4 Å². The van der Waals surface area contributed by atoms with Crippen LogP contribution < -0.4 is 10.1 Å². The van der Waals surface area contributed by atoms with Gasteiger partial charge in [0, 0.05) is 23.9 Å². The number of hydrogen-bond donors (Lipinski definition) is 1. The fourth-order valence-corrected chi connectivity index (χ4v) is 3.72. The molecule has 1 N–H and O–H groups in total. The fraction of sp³-hybridized carbons (Fsp3) is 0.217. The Kier molecular flexibility index (Phi) is 4.73. The summed E-state index contributed by atoms with van der Waals surface area (Å²) in [6.07, 6.45) is 3.47. The Balaban J connectivity index is 1.99. The quantitative estimate of drug-likeness (QED) is 0.536. The van der Waals surface area contributed by atoms with E-state index in [-0.39, 0.29) is 28.4 Å². The van der Waals surface area contributed by atoms with E-state index >= 15 is 0 Å². The van der Waals surface area contributed by atoms with Crippen LogP contribution in [0.15, 0.2) is 59.7 Å². The molecular formula is C23H23N4O3+. The second kappa shape index (κ2) is 7.26. The number of aromatic nitrogens is 3. The maximum absolute atomic E-state index is 13.3. The molecule has 2 aromatic heterocycles. The molecule has 0 radical (unpaired) electrons. The van der Waals surface area contributed by atoms with Gasteiger partial charge in [0.05, 0.1) is 11.3 Å². The molecule has 7 nitrogen and oxygen atoms in total. The highest BCUT2D eigenvalue weighted by Crippen LogP contribution is 2.31. The number of amides is 2. The van der Waals surface area contributed by atoms with Gasteiger partial charge in [0.15, 0.2) is 12.4 Å². The Hall–Kier alpha value is -3.74. The van der Waals surface area contributed by atoms with E-state index in [0.717, 1.165) is 5.56 Å². The number of benzene rings is 1. The third-order valence-corrected chi connectivity index (χ3v) is 5.20. The predicted octanol–water partition coefficient (Wildman–Crippen LogP) is 2.22. The van der Waals surface area contributed by atoms with Crippen LogP contribution in [-0.2, 0) is 9.59 Å². The Bertz CT molecular complexity index is 1230. The normalized spacial score (nSPS) is 14.4. The number of H-pyrrole nitrogens is 1. The van der Waals surface area contributed by atoms with Gasteiger partial charge in [0.25, 0.3) is 17.2 Å². The lowest BCUT2D eigenvalue weighted by atomic mass is 10.1. The largest absolute Gasteiger partial charge is 0.327 e. The minimum absolute atomic E-state index is 0.121. The number of nitrogens with one attached hydrogen (secondary N) is 1. The molecular weight excluding hydrogens is 380 g/mol. The molecule has 0 fully saturated rings. The maximum atomic E-state index is 13.3. The van der Waals surface area contributed by atoms with Crippen LogP contribution in [0.4, 0.5) is 0 Å². The van der Waals surface area contributed by atoms with Crippen LogP contribution >= 0.6 is 0 Å². The summed E-state index contributed by atoms with van der Waals surface area (Å²) in [5.74, 6) is -0.873. The Morgan fingerprint density at radius 3 is 2.13 bits per heavy atom. The first-order chi connectivity index (χ1) is 14.3. The Labute approximate surface area is 173 Å². The summed E-state index contributed by atoms with van der Waals surface area (Å²) in [5, 5.41) is 3.05. The van der Waals surface area contributed by atoms with Crippen molar-refractivity contribution in [1.29, 1.82) is 0 Å². The van der Waals surface area contributed by atoms with Crippen molar-refractivity contribution >= 4 is 23.1 Å². The van der Waals surface area contributed by atoms with Crippen molar-refractivity contribution in [2.45, 2.75) is 33.7 Å². The third-order valence-electron chi connectivity index (χ3n) is 5.20. The summed E-state index contributed by atoms with van der Waals surface area (Å²) in [7, 11) is 0. The van der Waals surface area contributed by atoms with Crippen LogP contribution in [0.2, 0.25) is 0 Å². The second-order valence-electron chi connectivity index (χ2n) is 7.67. The van der Waals surface area contributed by atoms with E-state index in [1.807, 2.05) is 37.3 Å². The summed E-state index contributed by atoms with van der Waals surface area (Å²) < 4.78 is 3.01. The number of aromatic amines is 1. The molecule has 3 aromatic rings. The van der Waals surface area contributed by atoms with Gasteiger partial charge in [-0.05, 0) is 45.4 Å². The van der Waals surface area contributed by atoms with Gasteiger partial charge < -0.3 is 0 Å². The number of aryl methyl sites for hydroxylation is 2. The summed E-state index contributed by atoms with van der Waals surface area (Å²) >= 11 is 0. The van der Waals surface area contributed by atoms with Crippen molar-refractivity contribution < 1.29 is 14.2 Å². The van der Waals surface area contributed by atoms with Crippen LogP contribution in [0.1, 0.15) is 30.7 Å². The summed E-state index contributed by atoms with van der Waals surface area (Å²) in [6.45, 7) is 7.23. The first kappa shape index (κ1) is 19.6. The van der Waals surface area contributed by atoms with Gasteiger partial charge in [-0.25, -0.2) is 4.68 Å². The van der Waals surface area contributed by atoms with Crippen molar-refractivity contribution in [3.05, 3.63) is 82.0 Å². The molecule has 0 saturated carbocycles. The van der Waals surface area contributed by atoms with Gasteiger partial charge >= 0.3 is 5.91 Å². The molecule has 1 aliphatic heterocycles. The zero-order valence-corrected chi connectivity index (χ0v) is 17.3. The summed E-state index contributed by atoms with van der Waals surface area (Å²) in [4.78, 5) is 41.1. The van der Waals surface area contributed by atoms with E-state index < -0.39 is 11.8 Å². The first-order valence-electron chi connectivity index (χ1n) is 9.79. The Morgan fingerprint density at radius 2 is 1.53 bits per heavy atom. The topological polar surface area (TPSA) is 79.1 Å². The van der Waals surface area contributed by atoms with Gasteiger partial charge in [-0.1, -0.05) is 18.2 Å².